The average Bonchev–Trinajstić information content (AvgIpc) is 2.37. The highest BCUT2D eigenvalue weighted by Gasteiger charge is 2.10. The first-order valence-corrected chi connectivity index (χ1v) is 7.54. The highest BCUT2D eigenvalue weighted by Crippen LogP contribution is 2.05. The number of rotatable bonds is 8. The molecule has 0 amide bonds. The maximum absolute atomic E-state index is 11.7. The van der Waals surface area contributed by atoms with Crippen molar-refractivity contribution < 1.29 is 19.2 Å². The van der Waals surface area contributed by atoms with Crippen LogP contribution in [0, 0.1) is 0 Å². The van der Waals surface area contributed by atoms with Gasteiger partial charge in [0.2, 0.25) is 5.43 Å². The zero-order chi connectivity index (χ0) is 14.3. The molecule has 0 fully saturated rings. The van der Waals surface area contributed by atoms with E-state index in [0.717, 1.165) is 6.42 Å². The van der Waals surface area contributed by atoms with E-state index in [9.17, 15) is 9.00 Å². The Bertz CT molecular complexity index is 473. The standard InChI is InChI=1S/C12H19NO5S/c1-2-3-18-12-5-13-9(4-11(12)16)7-19(17)8-10(15)6-14/h4-5,10,14-15H,2-3,6-8H2,1H3,(H,13,16). The van der Waals surface area contributed by atoms with E-state index in [-0.39, 0.29) is 22.7 Å². The zero-order valence-electron chi connectivity index (χ0n) is 10.8. The van der Waals surface area contributed by atoms with Gasteiger partial charge in [0.25, 0.3) is 0 Å². The van der Waals surface area contributed by atoms with Crippen LogP contribution in [0.15, 0.2) is 17.1 Å². The number of aliphatic hydroxyl groups is 2. The predicted molar refractivity (Wildman–Crippen MR) is 72.7 cm³/mol. The van der Waals surface area contributed by atoms with Crippen LogP contribution in [0.25, 0.3) is 0 Å². The molecule has 19 heavy (non-hydrogen) atoms. The number of nitrogens with one attached hydrogen (secondary N) is 1. The van der Waals surface area contributed by atoms with E-state index < -0.39 is 23.5 Å². The smallest absolute Gasteiger partial charge is 0.223 e. The topological polar surface area (TPSA) is 99.6 Å². The molecule has 0 saturated heterocycles. The summed E-state index contributed by atoms with van der Waals surface area (Å²) in [6, 6.07) is 1.34. The normalized spacial score (nSPS) is 14.1. The first-order chi connectivity index (χ1) is 9.06. The third-order valence-corrected chi connectivity index (χ3v) is 3.69. The molecule has 7 heteroatoms. The van der Waals surface area contributed by atoms with Gasteiger partial charge in [-0.1, -0.05) is 6.92 Å². The Balaban J connectivity index is 2.63. The summed E-state index contributed by atoms with van der Waals surface area (Å²) in [4.78, 5) is 14.5. The minimum absolute atomic E-state index is 0.0212. The number of aromatic amines is 1. The fourth-order valence-corrected chi connectivity index (χ4v) is 2.57. The SMILES string of the molecule is CCCOc1c[nH]c(CS(=O)CC(O)CO)cc1=O. The van der Waals surface area contributed by atoms with Crippen molar-refractivity contribution >= 4 is 10.8 Å². The Morgan fingerprint density at radius 3 is 2.84 bits per heavy atom. The molecule has 1 aromatic heterocycles. The molecule has 3 N–H and O–H groups in total. The first kappa shape index (κ1) is 15.9. The van der Waals surface area contributed by atoms with Crippen molar-refractivity contribution in [3.63, 3.8) is 0 Å². The van der Waals surface area contributed by atoms with Crippen molar-refractivity contribution in [2.24, 2.45) is 0 Å². The van der Waals surface area contributed by atoms with Crippen LogP contribution in [0.4, 0.5) is 0 Å². The molecule has 0 aliphatic carbocycles. The van der Waals surface area contributed by atoms with Crippen LogP contribution >= 0.6 is 0 Å². The summed E-state index contributed by atoms with van der Waals surface area (Å²) in [5.74, 6) is 0.347. The molecule has 1 aromatic rings. The molecule has 0 radical (unpaired) electrons. The number of hydrogen-bond donors (Lipinski definition) is 3. The highest BCUT2D eigenvalue weighted by molar-refractivity contribution is 7.84. The van der Waals surface area contributed by atoms with Gasteiger partial charge in [0, 0.05) is 28.8 Å². The molecular formula is C12H19NO5S. The van der Waals surface area contributed by atoms with Crippen molar-refractivity contribution in [1.29, 1.82) is 0 Å². The summed E-state index contributed by atoms with van der Waals surface area (Å²) in [5, 5.41) is 17.8. The Morgan fingerprint density at radius 1 is 1.53 bits per heavy atom. The lowest BCUT2D eigenvalue weighted by Gasteiger charge is -2.08. The summed E-state index contributed by atoms with van der Waals surface area (Å²) in [7, 11) is -1.34. The number of pyridine rings is 1. The summed E-state index contributed by atoms with van der Waals surface area (Å²) in [6.45, 7) is 1.99. The minimum atomic E-state index is -1.34. The molecule has 0 aliphatic rings. The second kappa shape index (κ2) is 8.08. The van der Waals surface area contributed by atoms with Crippen LogP contribution in [-0.2, 0) is 16.6 Å². The molecule has 0 saturated carbocycles. The van der Waals surface area contributed by atoms with E-state index in [2.05, 4.69) is 4.98 Å². The fraction of sp³-hybridized carbons (Fsp3) is 0.583. The second-order valence-corrected chi connectivity index (χ2v) is 5.62. The molecule has 0 aliphatic heterocycles. The number of aromatic nitrogens is 1. The lowest BCUT2D eigenvalue weighted by molar-refractivity contribution is 0.113. The first-order valence-electron chi connectivity index (χ1n) is 6.05. The van der Waals surface area contributed by atoms with Crippen LogP contribution in [0.3, 0.4) is 0 Å². The van der Waals surface area contributed by atoms with Crippen LogP contribution in [0.5, 0.6) is 5.75 Å². The second-order valence-electron chi connectivity index (χ2n) is 4.12. The van der Waals surface area contributed by atoms with Crippen molar-refractivity contribution in [1.82, 2.24) is 4.98 Å². The predicted octanol–water partition coefficient (Wildman–Crippen LogP) is -0.234. The Morgan fingerprint density at radius 2 is 2.26 bits per heavy atom. The van der Waals surface area contributed by atoms with Gasteiger partial charge in [-0.15, -0.1) is 0 Å². The maximum atomic E-state index is 11.7. The molecule has 0 bridgehead atoms. The van der Waals surface area contributed by atoms with Gasteiger partial charge in [0.05, 0.1) is 30.8 Å². The fourth-order valence-electron chi connectivity index (χ4n) is 1.41. The summed E-state index contributed by atoms with van der Waals surface area (Å²) in [6.07, 6.45) is 1.26. The van der Waals surface area contributed by atoms with Gasteiger partial charge >= 0.3 is 0 Å². The lowest BCUT2D eigenvalue weighted by atomic mass is 10.3. The van der Waals surface area contributed by atoms with Crippen molar-refractivity contribution in [3.05, 3.63) is 28.2 Å². The number of H-pyrrole nitrogens is 1. The number of aliphatic hydroxyl groups excluding tert-OH is 2. The molecule has 1 heterocycles. The van der Waals surface area contributed by atoms with Crippen LogP contribution in [-0.4, -0.2) is 44.5 Å². The van der Waals surface area contributed by atoms with Crippen LogP contribution in [0.2, 0.25) is 0 Å². The molecule has 2 atom stereocenters. The third kappa shape index (κ3) is 5.54. The quantitative estimate of drug-likeness (QED) is 0.613. The van der Waals surface area contributed by atoms with E-state index in [1.807, 2.05) is 6.92 Å². The number of ether oxygens (including phenoxy) is 1. The molecule has 108 valence electrons. The van der Waals surface area contributed by atoms with E-state index in [4.69, 9.17) is 14.9 Å². The third-order valence-electron chi connectivity index (χ3n) is 2.30. The monoisotopic (exact) mass is 289 g/mol. The van der Waals surface area contributed by atoms with E-state index in [0.29, 0.717) is 12.3 Å². The van der Waals surface area contributed by atoms with Gasteiger partial charge in [-0.05, 0) is 6.42 Å². The molecule has 0 spiro atoms. The summed E-state index contributed by atoms with van der Waals surface area (Å²) >= 11 is 0. The van der Waals surface area contributed by atoms with Crippen LogP contribution < -0.4 is 10.2 Å². The van der Waals surface area contributed by atoms with Gasteiger partial charge in [-0.2, -0.15) is 0 Å². The van der Waals surface area contributed by atoms with Gasteiger partial charge in [0.1, 0.15) is 0 Å². The Kier molecular flexibility index (Phi) is 6.75. The average molecular weight is 289 g/mol. The minimum Gasteiger partial charge on any atom is -0.488 e. The summed E-state index contributed by atoms with van der Waals surface area (Å²) in [5.41, 5.74) is 0.249. The highest BCUT2D eigenvalue weighted by atomic mass is 32.2. The van der Waals surface area contributed by atoms with E-state index in [1.54, 1.807) is 0 Å². The van der Waals surface area contributed by atoms with Gasteiger partial charge in [-0.25, -0.2) is 0 Å². The van der Waals surface area contributed by atoms with Gasteiger partial charge in [-0.3, -0.25) is 9.00 Å². The zero-order valence-corrected chi connectivity index (χ0v) is 11.6. The largest absolute Gasteiger partial charge is 0.488 e. The lowest BCUT2D eigenvalue weighted by Crippen LogP contribution is -2.22. The molecule has 6 nitrogen and oxygen atoms in total. The summed E-state index contributed by atoms with van der Waals surface area (Å²) < 4.78 is 16.9. The van der Waals surface area contributed by atoms with Crippen molar-refractivity contribution in [2.75, 3.05) is 19.0 Å². The van der Waals surface area contributed by atoms with Crippen molar-refractivity contribution in [2.45, 2.75) is 25.2 Å². The van der Waals surface area contributed by atoms with E-state index in [1.165, 1.54) is 12.3 Å². The van der Waals surface area contributed by atoms with Crippen LogP contribution in [0.1, 0.15) is 19.0 Å². The van der Waals surface area contributed by atoms with Gasteiger partial charge in [0.15, 0.2) is 5.75 Å². The van der Waals surface area contributed by atoms with Crippen molar-refractivity contribution in [3.8, 4) is 5.75 Å². The molecule has 2 unspecified atom stereocenters. The Labute approximate surface area is 113 Å². The molecule has 1 rings (SSSR count). The molecular weight excluding hydrogens is 270 g/mol. The van der Waals surface area contributed by atoms with Gasteiger partial charge < -0.3 is 19.9 Å². The maximum Gasteiger partial charge on any atom is 0.223 e. The molecule has 0 aromatic carbocycles. The number of hydrogen-bond acceptors (Lipinski definition) is 5. The Hall–Kier alpha value is -1.18. The van der Waals surface area contributed by atoms with E-state index >= 15 is 0 Å².